The fourth-order valence-electron chi connectivity index (χ4n) is 4.62. The number of aliphatic imine (C=N–C) groups is 1. The van der Waals surface area contributed by atoms with E-state index in [-0.39, 0.29) is 12.1 Å². The molecule has 2 aliphatic carbocycles. The lowest BCUT2D eigenvalue weighted by Gasteiger charge is -2.35. The van der Waals surface area contributed by atoms with Gasteiger partial charge in [0.25, 0.3) is 0 Å². The highest BCUT2D eigenvalue weighted by Gasteiger charge is 2.44. The van der Waals surface area contributed by atoms with Gasteiger partial charge in [0.05, 0.1) is 6.04 Å². The van der Waals surface area contributed by atoms with Crippen LogP contribution >= 0.6 is 11.8 Å². The molecule has 158 valence electrons. The second kappa shape index (κ2) is 9.55. The Balaban J connectivity index is 1.55. The molecule has 1 aromatic carbocycles. The van der Waals surface area contributed by atoms with Crippen molar-refractivity contribution in [2.45, 2.75) is 96.3 Å². The Kier molecular flexibility index (Phi) is 6.84. The molecule has 2 saturated carbocycles. The molecule has 0 N–H and O–H groups in total. The summed E-state index contributed by atoms with van der Waals surface area (Å²) in [6.45, 7) is 3.93. The zero-order valence-electron chi connectivity index (χ0n) is 18.0. The van der Waals surface area contributed by atoms with Crippen molar-refractivity contribution in [3.8, 4) is 0 Å². The molecule has 1 amide bonds. The first kappa shape index (κ1) is 20.8. The number of amidine groups is 1. The molecule has 1 aliphatic heterocycles. The van der Waals surface area contributed by atoms with Crippen molar-refractivity contribution < 1.29 is 4.79 Å². The van der Waals surface area contributed by atoms with Crippen LogP contribution in [-0.2, 0) is 11.2 Å². The van der Waals surface area contributed by atoms with E-state index in [1.54, 1.807) is 6.92 Å². The van der Waals surface area contributed by atoms with Gasteiger partial charge in [-0.1, -0.05) is 56.5 Å². The van der Waals surface area contributed by atoms with Crippen LogP contribution in [0.4, 0.5) is 5.69 Å². The molecule has 1 aromatic rings. The van der Waals surface area contributed by atoms with Crippen LogP contribution in [0.5, 0.6) is 0 Å². The summed E-state index contributed by atoms with van der Waals surface area (Å²) in [6.07, 6.45) is 12.5. The Labute approximate surface area is 180 Å². The number of hydrogen-bond acceptors (Lipinski definition) is 3. The van der Waals surface area contributed by atoms with E-state index in [0.717, 1.165) is 17.9 Å². The van der Waals surface area contributed by atoms with Crippen molar-refractivity contribution in [1.82, 2.24) is 4.90 Å². The summed E-state index contributed by atoms with van der Waals surface area (Å²) in [6, 6.07) is 9.71. The van der Waals surface area contributed by atoms with Gasteiger partial charge in [0, 0.05) is 24.4 Å². The monoisotopic (exact) mass is 413 g/mol. The van der Waals surface area contributed by atoms with Crippen LogP contribution in [-0.4, -0.2) is 40.0 Å². The number of unbranched alkanes of at least 4 members (excludes halogenated alkanes) is 1. The first-order chi connectivity index (χ1) is 14.2. The molecule has 1 heterocycles. The topological polar surface area (TPSA) is 35.9 Å². The quantitative estimate of drug-likeness (QED) is 0.583. The molecule has 0 bridgehead atoms. The molecular formula is C24H35N3OS. The maximum Gasteiger partial charge on any atom is 0.225 e. The third-order valence-electron chi connectivity index (χ3n) is 6.38. The molecule has 1 unspecified atom stereocenters. The Hall–Kier alpha value is -1.49. The van der Waals surface area contributed by atoms with Gasteiger partial charge in [-0.15, -0.1) is 0 Å². The smallest absolute Gasteiger partial charge is 0.225 e. The number of carbonyl (C=O) groups is 1. The summed E-state index contributed by atoms with van der Waals surface area (Å²) in [5, 5.41) is 1.19. The Morgan fingerprint density at radius 1 is 1.14 bits per heavy atom. The second-order valence-electron chi connectivity index (χ2n) is 8.79. The van der Waals surface area contributed by atoms with Crippen molar-refractivity contribution in [2.75, 3.05) is 10.7 Å². The van der Waals surface area contributed by atoms with Gasteiger partial charge in [0.2, 0.25) is 5.91 Å². The largest absolute Gasteiger partial charge is 0.327 e. The minimum absolute atomic E-state index is 0.0915. The molecule has 3 fully saturated rings. The molecule has 0 aromatic heterocycles. The number of anilines is 1. The van der Waals surface area contributed by atoms with Gasteiger partial charge in [0.1, 0.15) is 6.17 Å². The van der Waals surface area contributed by atoms with Gasteiger partial charge < -0.3 is 4.90 Å². The lowest BCUT2D eigenvalue weighted by atomic mass is 9.96. The Morgan fingerprint density at radius 2 is 1.86 bits per heavy atom. The van der Waals surface area contributed by atoms with Crippen LogP contribution in [0.1, 0.15) is 77.2 Å². The van der Waals surface area contributed by atoms with Crippen LogP contribution in [0.3, 0.4) is 0 Å². The number of aryl methyl sites for hydroxylation is 1. The predicted octanol–water partition coefficient (Wildman–Crippen LogP) is 5.61. The highest BCUT2D eigenvalue weighted by atomic mass is 32.2. The van der Waals surface area contributed by atoms with E-state index in [9.17, 15) is 4.79 Å². The number of amides is 1. The third kappa shape index (κ3) is 4.99. The highest BCUT2D eigenvalue weighted by molar-refractivity contribution is 8.14. The molecule has 0 spiro atoms. The molecule has 3 aliphatic rings. The number of thioether (sulfide) groups is 1. The summed E-state index contributed by atoms with van der Waals surface area (Å²) in [5.74, 6) is 1.04. The van der Waals surface area contributed by atoms with Crippen molar-refractivity contribution in [3.05, 3.63) is 29.8 Å². The maximum absolute atomic E-state index is 12.7. The standard InChI is InChI=1S/C24H35N3OS/c1-3-4-8-19-11-13-21(14-12-19)26(18(2)28)23-17-29-24(27(23)22-15-16-22)25-20-9-6-5-7-10-20/h11-14,20,22-23H,3-10,15-17H2,1-2H3. The van der Waals surface area contributed by atoms with Crippen molar-refractivity contribution in [3.63, 3.8) is 0 Å². The maximum atomic E-state index is 12.7. The first-order valence-electron chi connectivity index (χ1n) is 11.5. The van der Waals surface area contributed by atoms with E-state index in [1.165, 1.54) is 68.5 Å². The third-order valence-corrected chi connectivity index (χ3v) is 7.42. The van der Waals surface area contributed by atoms with Crippen LogP contribution in [0.15, 0.2) is 29.3 Å². The molecule has 1 saturated heterocycles. The van der Waals surface area contributed by atoms with E-state index in [4.69, 9.17) is 4.99 Å². The van der Waals surface area contributed by atoms with E-state index in [1.807, 2.05) is 16.7 Å². The molecule has 5 heteroatoms. The highest BCUT2D eigenvalue weighted by Crippen LogP contribution is 2.40. The number of benzene rings is 1. The zero-order chi connectivity index (χ0) is 20.2. The van der Waals surface area contributed by atoms with Crippen LogP contribution in [0, 0.1) is 0 Å². The van der Waals surface area contributed by atoms with E-state index >= 15 is 0 Å². The molecule has 29 heavy (non-hydrogen) atoms. The summed E-state index contributed by atoms with van der Waals surface area (Å²) in [5.41, 5.74) is 2.38. The average molecular weight is 414 g/mol. The summed E-state index contributed by atoms with van der Waals surface area (Å²) in [4.78, 5) is 22.4. The lowest BCUT2D eigenvalue weighted by Crippen LogP contribution is -2.51. The predicted molar refractivity (Wildman–Crippen MR) is 124 cm³/mol. The fraction of sp³-hybridized carbons (Fsp3) is 0.667. The molecule has 4 nitrogen and oxygen atoms in total. The van der Waals surface area contributed by atoms with Crippen LogP contribution in [0.2, 0.25) is 0 Å². The summed E-state index contributed by atoms with van der Waals surface area (Å²) in [7, 11) is 0. The lowest BCUT2D eigenvalue weighted by molar-refractivity contribution is -0.117. The normalized spacial score (nSPS) is 24.3. The number of hydrogen-bond donors (Lipinski definition) is 0. The van der Waals surface area contributed by atoms with E-state index in [2.05, 4.69) is 36.1 Å². The van der Waals surface area contributed by atoms with Gasteiger partial charge in [-0.05, 0) is 56.2 Å². The first-order valence-corrected chi connectivity index (χ1v) is 12.5. The molecule has 0 radical (unpaired) electrons. The van der Waals surface area contributed by atoms with Crippen LogP contribution < -0.4 is 4.90 Å². The van der Waals surface area contributed by atoms with Gasteiger partial charge in [-0.2, -0.15) is 0 Å². The fourth-order valence-corrected chi connectivity index (χ4v) is 5.87. The van der Waals surface area contributed by atoms with Crippen molar-refractivity contribution in [2.24, 2.45) is 4.99 Å². The summed E-state index contributed by atoms with van der Waals surface area (Å²) < 4.78 is 0. The van der Waals surface area contributed by atoms with E-state index < -0.39 is 0 Å². The minimum atomic E-state index is 0.0915. The van der Waals surface area contributed by atoms with Gasteiger partial charge in [0.15, 0.2) is 5.17 Å². The van der Waals surface area contributed by atoms with Crippen molar-refractivity contribution >= 4 is 28.5 Å². The SMILES string of the molecule is CCCCc1ccc(N(C(C)=O)C2CSC(=NC3CCCCC3)N2C2CC2)cc1. The zero-order valence-corrected chi connectivity index (χ0v) is 18.8. The number of rotatable bonds is 7. The number of carbonyl (C=O) groups excluding carboxylic acids is 1. The minimum Gasteiger partial charge on any atom is -0.327 e. The second-order valence-corrected chi connectivity index (χ2v) is 9.78. The molecule has 1 atom stereocenters. The van der Waals surface area contributed by atoms with Crippen molar-refractivity contribution in [1.29, 1.82) is 0 Å². The van der Waals surface area contributed by atoms with Gasteiger partial charge in [-0.25, -0.2) is 0 Å². The Morgan fingerprint density at radius 3 is 2.48 bits per heavy atom. The molecular weight excluding hydrogens is 378 g/mol. The molecule has 4 rings (SSSR count). The van der Waals surface area contributed by atoms with E-state index in [0.29, 0.717) is 12.1 Å². The van der Waals surface area contributed by atoms with Gasteiger partial charge in [-0.3, -0.25) is 14.7 Å². The number of nitrogens with zero attached hydrogens (tertiary/aromatic N) is 3. The Bertz CT molecular complexity index is 722. The average Bonchev–Trinajstić information content (AvgIpc) is 3.50. The van der Waals surface area contributed by atoms with Gasteiger partial charge >= 0.3 is 0 Å². The van der Waals surface area contributed by atoms with Crippen LogP contribution in [0.25, 0.3) is 0 Å². The summed E-state index contributed by atoms with van der Waals surface area (Å²) >= 11 is 1.86.